The minimum absolute atomic E-state index is 0.152. The summed E-state index contributed by atoms with van der Waals surface area (Å²) >= 11 is 0. The predicted octanol–water partition coefficient (Wildman–Crippen LogP) is 2.28. The molecule has 8 nitrogen and oxygen atoms in total. The maximum Gasteiger partial charge on any atom is 0.259 e. The van der Waals surface area contributed by atoms with E-state index in [1.54, 1.807) is 0 Å². The highest BCUT2D eigenvalue weighted by Crippen LogP contribution is 2.34. The van der Waals surface area contributed by atoms with E-state index >= 15 is 0 Å². The minimum Gasteiger partial charge on any atom is -0.477 e. The van der Waals surface area contributed by atoms with E-state index in [9.17, 15) is 9.59 Å². The molecule has 1 aromatic carbocycles. The number of aromatic nitrogens is 2. The van der Waals surface area contributed by atoms with Gasteiger partial charge < -0.3 is 20.3 Å². The van der Waals surface area contributed by atoms with Crippen LogP contribution in [-0.2, 0) is 11.2 Å². The van der Waals surface area contributed by atoms with Crippen LogP contribution in [0.3, 0.4) is 0 Å². The molecule has 158 valence electrons. The van der Waals surface area contributed by atoms with Crippen molar-refractivity contribution in [2.24, 2.45) is 0 Å². The van der Waals surface area contributed by atoms with Crippen molar-refractivity contribution in [3.8, 4) is 5.88 Å². The van der Waals surface area contributed by atoms with Gasteiger partial charge in [-0.2, -0.15) is 4.98 Å². The molecule has 2 aliphatic rings. The molecular formula is C22H27N5O3. The second kappa shape index (κ2) is 8.69. The molecule has 1 fully saturated rings. The van der Waals surface area contributed by atoms with E-state index in [1.807, 2.05) is 11.8 Å². The van der Waals surface area contributed by atoms with Gasteiger partial charge in [-0.3, -0.25) is 9.59 Å². The third-order valence-electron chi connectivity index (χ3n) is 5.48. The molecule has 0 saturated carbocycles. The highest BCUT2D eigenvalue weighted by Gasteiger charge is 2.27. The fourth-order valence-electron chi connectivity index (χ4n) is 3.94. The highest BCUT2D eigenvalue weighted by atomic mass is 16.5. The molecular weight excluding hydrogens is 382 g/mol. The lowest BCUT2D eigenvalue weighted by Crippen LogP contribution is -2.45. The van der Waals surface area contributed by atoms with Crippen molar-refractivity contribution in [1.29, 1.82) is 0 Å². The number of hydrogen-bond acceptors (Lipinski definition) is 6. The van der Waals surface area contributed by atoms with Crippen molar-refractivity contribution in [2.45, 2.75) is 45.6 Å². The van der Waals surface area contributed by atoms with Crippen LogP contribution in [0.5, 0.6) is 5.88 Å². The average molecular weight is 409 g/mol. The van der Waals surface area contributed by atoms with Gasteiger partial charge in [0.25, 0.3) is 5.91 Å². The van der Waals surface area contributed by atoms with Gasteiger partial charge in [0.05, 0.1) is 6.61 Å². The van der Waals surface area contributed by atoms with Gasteiger partial charge >= 0.3 is 0 Å². The van der Waals surface area contributed by atoms with Crippen molar-refractivity contribution < 1.29 is 14.3 Å². The van der Waals surface area contributed by atoms with E-state index in [4.69, 9.17) is 4.74 Å². The van der Waals surface area contributed by atoms with Crippen LogP contribution in [0.25, 0.3) is 0 Å². The van der Waals surface area contributed by atoms with Crippen molar-refractivity contribution in [2.75, 3.05) is 24.6 Å². The maximum absolute atomic E-state index is 12.9. The highest BCUT2D eigenvalue weighted by molar-refractivity contribution is 5.99. The number of carbonyl (C=O) groups excluding carboxylic acids is 2. The lowest BCUT2D eigenvalue weighted by Gasteiger charge is -2.20. The molecule has 0 aliphatic carbocycles. The van der Waals surface area contributed by atoms with E-state index < -0.39 is 11.9 Å². The largest absolute Gasteiger partial charge is 0.477 e. The topological polar surface area (TPSA) is 96.4 Å². The Morgan fingerprint density at radius 3 is 3.07 bits per heavy atom. The number of nitrogens with zero attached hydrogens (tertiary/aromatic N) is 3. The van der Waals surface area contributed by atoms with Crippen molar-refractivity contribution >= 4 is 23.5 Å². The summed E-state index contributed by atoms with van der Waals surface area (Å²) in [5, 5.41) is 5.64. The SMILES string of the molecule is CCOc1nc(N2CCc3cc(C)ccc32)ncc1C(=O)NC1CCCCNC1=O. The minimum atomic E-state index is -0.553. The number of amides is 2. The first-order chi connectivity index (χ1) is 14.6. The summed E-state index contributed by atoms with van der Waals surface area (Å²) in [6.07, 6.45) is 4.82. The molecule has 0 bridgehead atoms. The molecule has 1 atom stereocenters. The lowest BCUT2D eigenvalue weighted by atomic mass is 10.1. The Hall–Kier alpha value is -3.16. The molecule has 4 rings (SSSR count). The predicted molar refractivity (Wildman–Crippen MR) is 113 cm³/mol. The molecule has 0 radical (unpaired) electrons. The molecule has 2 N–H and O–H groups in total. The zero-order valence-electron chi connectivity index (χ0n) is 17.4. The lowest BCUT2D eigenvalue weighted by molar-refractivity contribution is -0.122. The number of fused-ring (bicyclic) bond motifs is 1. The third kappa shape index (κ3) is 4.08. The van der Waals surface area contributed by atoms with E-state index in [0.717, 1.165) is 31.5 Å². The van der Waals surface area contributed by atoms with E-state index in [-0.39, 0.29) is 17.4 Å². The third-order valence-corrected chi connectivity index (χ3v) is 5.48. The Balaban J connectivity index is 1.58. The molecule has 0 spiro atoms. The quantitative estimate of drug-likeness (QED) is 0.787. The fraction of sp³-hybridized carbons (Fsp3) is 0.455. The second-order valence-electron chi connectivity index (χ2n) is 7.67. The van der Waals surface area contributed by atoms with Gasteiger partial charge in [0.1, 0.15) is 11.6 Å². The first-order valence-electron chi connectivity index (χ1n) is 10.5. The summed E-state index contributed by atoms with van der Waals surface area (Å²) in [4.78, 5) is 36.1. The zero-order valence-corrected chi connectivity index (χ0v) is 17.4. The normalized spacial score (nSPS) is 18.4. The smallest absolute Gasteiger partial charge is 0.259 e. The summed E-state index contributed by atoms with van der Waals surface area (Å²) in [6, 6.07) is 5.77. The molecule has 30 heavy (non-hydrogen) atoms. The molecule has 8 heteroatoms. The fourth-order valence-corrected chi connectivity index (χ4v) is 3.94. The van der Waals surface area contributed by atoms with Crippen LogP contribution >= 0.6 is 0 Å². The van der Waals surface area contributed by atoms with Crippen LogP contribution in [0.4, 0.5) is 11.6 Å². The maximum atomic E-state index is 12.9. The Morgan fingerprint density at radius 2 is 2.23 bits per heavy atom. The molecule has 3 heterocycles. The van der Waals surface area contributed by atoms with Gasteiger partial charge in [-0.25, -0.2) is 4.98 Å². The van der Waals surface area contributed by atoms with Crippen molar-refractivity contribution in [1.82, 2.24) is 20.6 Å². The molecule has 2 aromatic rings. The monoisotopic (exact) mass is 409 g/mol. The first-order valence-corrected chi connectivity index (χ1v) is 10.5. The summed E-state index contributed by atoms with van der Waals surface area (Å²) in [6.45, 7) is 5.71. The second-order valence-corrected chi connectivity index (χ2v) is 7.67. The van der Waals surface area contributed by atoms with Crippen LogP contribution in [0, 0.1) is 6.92 Å². The van der Waals surface area contributed by atoms with Crippen LogP contribution in [0.2, 0.25) is 0 Å². The number of aryl methyl sites for hydroxylation is 1. The van der Waals surface area contributed by atoms with Crippen LogP contribution in [-0.4, -0.2) is 47.5 Å². The molecule has 1 saturated heterocycles. The Labute approximate surface area is 176 Å². The van der Waals surface area contributed by atoms with Crippen molar-refractivity contribution in [3.63, 3.8) is 0 Å². The van der Waals surface area contributed by atoms with Gasteiger partial charge in [0.15, 0.2) is 0 Å². The summed E-state index contributed by atoms with van der Waals surface area (Å²) < 4.78 is 5.67. The Morgan fingerprint density at radius 1 is 1.37 bits per heavy atom. The molecule has 1 unspecified atom stereocenters. The first kappa shape index (κ1) is 20.1. The van der Waals surface area contributed by atoms with Crippen LogP contribution < -0.4 is 20.3 Å². The Bertz CT molecular complexity index is 962. The van der Waals surface area contributed by atoms with Gasteiger partial charge in [0, 0.05) is 25.0 Å². The summed E-state index contributed by atoms with van der Waals surface area (Å²) in [7, 11) is 0. The summed E-state index contributed by atoms with van der Waals surface area (Å²) in [5.41, 5.74) is 3.80. The van der Waals surface area contributed by atoms with Gasteiger partial charge in [-0.05, 0) is 51.2 Å². The number of rotatable bonds is 5. The number of nitrogens with one attached hydrogen (secondary N) is 2. The standard InChI is InChI=1S/C22H27N5O3/c1-3-30-21-16(19(28)25-17-6-4-5-10-23-20(17)29)13-24-22(26-21)27-11-9-15-12-14(2)7-8-18(15)27/h7-8,12-13,17H,3-6,9-11H2,1-2H3,(H,23,29)(H,25,28). The van der Waals surface area contributed by atoms with E-state index in [2.05, 4.69) is 45.7 Å². The van der Waals surface area contributed by atoms with Crippen LogP contribution in [0.1, 0.15) is 47.7 Å². The Kier molecular flexibility index (Phi) is 5.83. The number of carbonyl (C=O) groups is 2. The van der Waals surface area contributed by atoms with Gasteiger partial charge in [-0.1, -0.05) is 17.7 Å². The number of anilines is 2. The van der Waals surface area contributed by atoms with Crippen molar-refractivity contribution in [3.05, 3.63) is 41.1 Å². The van der Waals surface area contributed by atoms with Gasteiger partial charge in [-0.15, -0.1) is 0 Å². The molecule has 1 aromatic heterocycles. The molecule has 2 amide bonds. The van der Waals surface area contributed by atoms with Crippen LogP contribution in [0.15, 0.2) is 24.4 Å². The average Bonchev–Trinajstić information content (AvgIpc) is 3.04. The molecule has 2 aliphatic heterocycles. The van der Waals surface area contributed by atoms with E-state index in [0.29, 0.717) is 25.5 Å². The van der Waals surface area contributed by atoms with Gasteiger partial charge in [0.2, 0.25) is 17.7 Å². The summed E-state index contributed by atoms with van der Waals surface area (Å²) in [5.74, 6) is 0.184. The zero-order chi connectivity index (χ0) is 21.1. The van der Waals surface area contributed by atoms with E-state index in [1.165, 1.54) is 17.3 Å². The number of hydrogen-bond donors (Lipinski definition) is 2. The number of benzene rings is 1. The number of ether oxygens (including phenoxy) is 1.